The highest BCUT2D eigenvalue weighted by Gasteiger charge is 2.12. The van der Waals surface area contributed by atoms with Gasteiger partial charge in [-0.15, -0.1) is 11.3 Å². The summed E-state index contributed by atoms with van der Waals surface area (Å²) in [6.45, 7) is 6.70. The van der Waals surface area contributed by atoms with E-state index in [2.05, 4.69) is 36.8 Å². The van der Waals surface area contributed by atoms with Crippen LogP contribution in [0.15, 0.2) is 17.8 Å². The molecule has 0 N–H and O–H groups in total. The van der Waals surface area contributed by atoms with Gasteiger partial charge in [0, 0.05) is 6.20 Å². The van der Waals surface area contributed by atoms with Crippen LogP contribution >= 0.6 is 11.3 Å². The van der Waals surface area contributed by atoms with Crippen LogP contribution in [0.3, 0.4) is 0 Å². The van der Waals surface area contributed by atoms with Gasteiger partial charge in [0.05, 0.1) is 5.51 Å². The summed E-state index contributed by atoms with van der Waals surface area (Å²) in [6, 6.07) is 2.14. The number of thiazole rings is 1. The number of fused-ring (bicyclic) bond motifs is 1. The van der Waals surface area contributed by atoms with Crippen LogP contribution in [-0.2, 0) is 6.42 Å². The van der Waals surface area contributed by atoms with Crippen LogP contribution in [-0.4, -0.2) is 9.97 Å². The summed E-state index contributed by atoms with van der Waals surface area (Å²) in [5.74, 6) is 0. The minimum Gasteiger partial charge on any atom is -0.243 e. The second kappa shape index (κ2) is 3.31. The summed E-state index contributed by atoms with van der Waals surface area (Å²) >= 11 is 1.59. The van der Waals surface area contributed by atoms with Crippen molar-refractivity contribution < 1.29 is 0 Å². The molecule has 0 aliphatic rings. The van der Waals surface area contributed by atoms with Crippen molar-refractivity contribution >= 4 is 21.7 Å². The average Bonchev–Trinajstić information content (AvgIpc) is 2.47. The van der Waals surface area contributed by atoms with Crippen molar-refractivity contribution in [1.82, 2.24) is 9.97 Å². The first-order chi connectivity index (χ1) is 6.54. The zero-order valence-corrected chi connectivity index (χ0v) is 9.56. The maximum atomic E-state index is 4.38. The monoisotopic (exact) mass is 206 g/mol. The van der Waals surface area contributed by atoms with E-state index >= 15 is 0 Å². The Kier molecular flexibility index (Phi) is 2.27. The molecule has 0 aliphatic carbocycles. The Hall–Kier alpha value is -0.960. The van der Waals surface area contributed by atoms with Gasteiger partial charge < -0.3 is 0 Å². The number of pyridine rings is 1. The van der Waals surface area contributed by atoms with Gasteiger partial charge in [0.15, 0.2) is 0 Å². The van der Waals surface area contributed by atoms with Crippen molar-refractivity contribution in [3.05, 3.63) is 23.3 Å². The molecule has 2 aromatic heterocycles. The van der Waals surface area contributed by atoms with Gasteiger partial charge in [-0.1, -0.05) is 20.8 Å². The van der Waals surface area contributed by atoms with E-state index in [4.69, 9.17) is 0 Å². The first-order valence-corrected chi connectivity index (χ1v) is 5.61. The van der Waals surface area contributed by atoms with Crippen LogP contribution < -0.4 is 0 Å². The lowest BCUT2D eigenvalue weighted by Gasteiger charge is -2.17. The fourth-order valence-corrected chi connectivity index (χ4v) is 2.12. The number of hydrogen-bond donors (Lipinski definition) is 0. The Morgan fingerprint density at radius 3 is 2.79 bits per heavy atom. The summed E-state index contributed by atoms with van der Waals surface area (Å²) in [5, 5.41) is 0. The van der Waals surface area contributed by atoms with Crippen LogP contribution in [0, 0.1) is 5.41 Å². The van der Waals surface area contributed by atoms with E-state index in [1.807, 2.05) is 11.7 Å². The highest BCUT2D eigenvalue weighted by Crippen LogP contribution is 2.22. The van der Waals surface area contributed by atoms with E-state index in [0.29, 0.717) is 5.41 Å². The Morgan fingerprint density at radius 2 is 2.07 bits per heavy atom. The molecule has 0 radical (unpaired) electrons. The van der Waals surface area contributed by atoms with E-state index in [1.54, 1.807) is 11.3 Å². The molecule has 0 bridgehead atoms. The van der Waals surface area contributed by atoms with Gasteiger partial charge in [0.1, 0.15) is 10.3 Å². The summed E-state index contributed by atoms with van der Waals surface area (Å²) in [6.07, 6.45) is 3.01. The lowest BCUT2D eigenvalue weighted by atomic mass is 9.89. The molecule has 14 heavy (non-hydrogen) atoms. The molecule has 0 fully saturated rings. The lowest BCUT2D eigenvalue weighted by molar-refractivity contribution is 0.411. The maximum Gasteiger partial charge on any atom is 0.143 e. The van der Waals surface area contributed by atoms with Crippen LogP contribution in [0.4, 0.5) is 0 Å². The molecule has 2 nitrogen and oxygen atoms in total. The lowest BCUT2D eigenvalue weighted by Crippen LogP contribution is -2.09. The number of aromatic nitrogens is 2. The zero-order chi connectivity index (χ0) is 10.2. The molecule has 2 heterocycles. The highest BCUT2D eigenvalue weighted by atomic mass is 32.1. The third-order valence-electron chi connectivity index (χ3n) is 1.98. The second-order valence-corrected chi connectivity index (χ2v) is 5.59. The Balaban J connectivity index is 2.35. The van der Waals surface area contributed by atoms with Crippen molar-refractivity contribution in [2.45, 2.75) is 27.2 Å². The van der Waals surface area contributed by atoms with Gasteiger partial charge in [-0.05, 0) is 23.5 Å². The van der Waals surface area contributed by atoms with Gasteiger partial charge in [0.25, 0.3) is 0 Å². The molecule has 2 aromatic rings. The van der Waals surface area contributed by atoms with Gasteiger partial charge in [-0.3, -0.25) is 0 Å². The van der Waals surface area contributed by atoms with Crippen molar-refractivity contribution in [1.29, 1.82) is 0 Å². The predicted molar refractivity (Wildman–Crippen MR) is 60.6 cm³/mol. The molecule has 3 heteroatoms. The Bertz CT molecular complexity index is 440. The largest absolute Gasteiger partial charge is 0.243 e. The van der Waals surface area contributed by atoms with Crippen LogP contribution in [0.1, 0.15) is 26.3 Å². The molecule has 0 spiro atoms. The fraction of sp³-hybridized carbons (Fsp3) is 0.455. The van der Waals surface area contributed by atoms with Crippen molar-refractivity contribution in [2.24, 2.45) is 5.41 Å². The number of nitrogens with zero attached hydrogens (tertiary/aromatic N) is 2. The van der Waals surface area contributed by atoms with E-state index in [0.717, 1.165) is 16.8 Å². The first-order valence-electron chi connectivity index (χ1n) is 4.73. The molecular weight excluding hydrogens is 192 g/mol. The van der Waals surface area contributed by atoms with Gasteiger partial charge in [0.2, 0.25) is 0 Å². The average molecular weight is 206 g/mol. The predicted octanol–water partition coefficient (Wildman–Crippen LogP) is 3.28. The molecular formula is C11H14N2S. The topological polar surface area (TPSA) is 25.8 Å². The maximum absolute atomic E-state index is 4.38. The summed E-state index contributed by atoms with van der Waals surface area (Å²) < 4.78 is 0. The first kappa shape index (κ1) is 9.59. The van der Waals surface area contributed by atoms with E-state index in [-0.39, 0.29) is 0 Å². The van der Waals surface area contributed by atoms with E-state index in [9.17, 15) is 0 Å². The highest BCUT2D eigenvalue weighted by molar-refractivity contribution is 7.16. The number of hydrogen-bond acceptors (Lipinski definition) is 3. The SMILES string of the molecule is CC(C)(C)Cc1cnc2scnc2c1. The third kappa shape index (κ3) is 2.10. The summed E-state index contributed by atoms with van der Waals surface area (Å²) in [4.78, 5) is 9.68. The molecule has 2 rings (SSSR count). The standard InChI is InChI=1S/C11H14N2S/c1-11(2,3)5-8-4-9-10(12-6-8)14-7-13-9/h4,6-7H,5H2,1-3H3. The van der Waals surface area contributed by atoms with Crippen molar-refractivity contribution in [2.75, 3.05) is 0 Å². The summed E-state index contributed by atoms with van der Waals surface area (Å²) in [7, 11) is 0. The van der Waals surface area contributed by atoms with Gasteiger partial charge in [-0.2, -0.15) is 0 Å². The minimum absolute atomic E-state index is 0.311. The third-order valence-corrected chi connectivity index (χ3v) is 2.73. The molecule has 0 unspecified atom stereocenters. The molecule has 0 aliphatic heterocycles. The van der Waals surface area contributed by atoms with Crippen LogP contribution in [0.5, 0.6) is 0 Å². The zero-order valence-electron chi connectivity index (χ0n) is 8.74. The molecule has 0 aromatic carbocycles. The van der Waals surface area contributed by atoms with Crippen molar-refractivity contribution in [3.63, 3.8) is 0 Å². The normalized spacial score (nSPS) is 12.2. The molecule has 0 saturated heterocycles. The molecule has 0 amide bonds. The molecule has 0 atom stereocenters. The second-order valence-electron chi connectivity index (χ2n) is 4.76. The molecule has 74 valence electrons. The van der Waals surface area contributed by atoms with Crippen molar-refractivity contribution in [3.8, 4) is 0 Å². The quantitative estimate of drug-likeness (QED) is 0.715. The molecule has 0 saturated carbocycles. The Labute approximate surface area is 88.0 Å². The van der Waals surface area contributed by atoms with E-state index < -0.39 is 0 Å². The van der Waals surface area contributed by atoms with Gasteiger partial charge in [-0.25, -0.2) is 9.97 Å². The van der Waals surface area contributed by atoms with Crippen LogP contribution in [0.25, 0.3) is 10.3 Å². The van der Waals surface area contributed by atoms with E-state index in [1.165, 1.54) is 5.56 Å². The Morgan fingerprint density at radius 1 is 1.29 bits per heavy atom. The summed E-state index contributed by atoms with van der Waals surface area (Å²) in [5.41, 5.74) is 4.46. The minimum atomic E-state index is 0.311. The number of rotatable bonds is 1. The van der Waals surface area contributed by atoms with Crippen LogP contribution in [0.2, 0.25) is 0 Å². The smallest absolute Gasteiger partial charge is 0.143 e. The van der Waals surface area contributed by atoms with Gasteiger partial charge >= 0.3 is 0 Å². The fourth-order valence-electron chi connectivity index (χ4n) is 1.51.